The highest BCUT2D eigenvalue weighted by Crippen LogP contribution is 2.28. The smallest absolute Gasteiger partial charge is 0.262 e. The fourth-order valence-corrected chi connectivity index (χ4v) is 7.25. The number of piperazine rings is 1. The van der Waals surface area contributed by atoms with E-state index in [1.165, 1.54) is 28.5 Å². The number of nitrogens with one attached hydrogen (secondary N) is 1. The summed E-state index contributed by atoms with van der Waals surface area (Å²) in [5.41, 5.74) is 0.989. The number of nitrogens with zero attached hydrogens (tertiary/aromatic N) is 2. The first kappa shape index (κ1) is 22.6. The van der Waals surface area contributed by atoms with Crippen LogP contribution < -0.4 is 10.2 Å². The minimum Gasteiger partial charge on any atom is -0.369 e. The van der Waals surface area contributed by atoms with Gasteiger partial charge in [-0.3, -0.25) is 4.79 Å². The van der Waals surface area contributed by atoms with Gasteiger partial charge in [-0.1, -0.05) is 43.4 Å². The Labute approximate surface area is 193 Å². The van der Waals surface area contributed by atoms with Crippen molar-refractivity contribution >= 4 is 44.6 Å². The molecule has 0 spiro atoms. The highest BCUT2D eigenvalue weighted by Gasteiger charge is 2.33. The fourth-order valence-electron chi connectivity index (χ4n) is 4.34. The second kappa shape index (κ2) is 9.90. The number of anilines is 1. The molecular formula is C22H28ClN3O3S2. The van der Waals surface area contributed by atoms with Crippen molar-refractivity contribution in [3.63, 3.8) is 0 Å². The van der Waals surface area contributed by atoms with Crippen LogP contribution in [0.4, 0.5) is 5.69 Å². The second-order valence-electron chi connectivity index (χ2n) is 8.15. The Morgan fingerprint density at radius 1 is 1.03 bits per heavy atom. The van der Waals surface area contributed by atoms with Gasteiger partial charge in [-0.2, -0.15) is 4.31 Å². The summed E-state index contributed by atoms with van der Waals surface area (Å²) >= 11 is 7.29. The molecule has 1 amide bonds. The van der Waals surface area contributed by atoms with Crippen molar-refractivity contribution in [3.05, 3.63) is 45.6 Å². The van der Waals surface area contributed by atoms with E-state index in [4.69, 9.17) is 11.6 Å². The zero-order valence-electron chi connectivity index (χ0n) is 17.4. The summed E-state index contributed by atoms with van der Waals surface area (Å²) in [5.74, 6) is -0.266. The molecule has 0 atom stereocenters. The average Bonchev–Trinajstić information content (AvgIpc) is 3.14. The van der Waals surface area contributed by atoms with E-state index in [-0.39, 0.29) is 16.8 Å². The molecule has 1 aromatic carbocycles. The predicted octanol–water partition coefficient (Wildman–Crippen LogP) is 4.37. The molecule has 1 aliphatic carbocycles. The summed E-state index contributed by atoms with van der Waals surface area (Å²) in [6.45, 7) is 1.89. The maximum Gasteiger partial charge on any atom is 0.262 e. The SMILES string of the molecule is O=C(NC1CCCCCC1)c1sccc1S(=O)(=O)N1CCN(c2cccc(Cl)c2)CC1. The van der Waals surface area contributed by atoms with Crippen LogP contribution in [0, 0.1) is 0 Å². The third-order valence-corrected chi connectivity index (χ3v) is 9.27. The fraction of sp³-hybridized carbons (Fsp3) is 0.500. The first-order valence-corrected chi connectivity index (χ1v) is 13.5. The van der Waals surface area contributed by atoms with E-state index >= 15 is 0 Å². The topological polar surface area (TPSA) is 69.7 Å². The van der Waals surface area contributed by atoms with Crippen LogP contribution in [0.25, 0.3) is 0 Å². The minimum absolute atomic E-state index is 0.125. The molecule has 2 heterocycles. The summed E-state index contributed by atoms with van der Waals surface area (Å²) in [6, 6.07) is 9.28. The summed E-state index contributed by atoms with van der Waals surface area (Å²) in [6.07, 6.45) is 6.54. The molecule has 2 fully saturated rings. The maximum atomic E-state index is 13.3. The molecule has 1 aliphatic heterocycles. The summed E-state index contributed by atoms with van der Waals surface area (Å²) < 4.78 is 28.1. The van der Waals surface area contributed by atoms with Gasteiger partial charge in [-0.25, -0.2) is 8.42 Å². The zero-order chi connectivity index (χ0) is 21.8. The average molecular weight is 482 g/mol. The third kappa shape index (κ3) is 5.25. The number of hydrogen-bond acceptors (Lipinski definition) is 5. The van der Waals surface area contributed by atoms with E-state index in [0.717, 1.165) is 31.4 Å². The monoisotopic (exact) mass is 481 g/mol. The van der Waals surface area contributed by atoms with Crippen molar-refractivity contribution < 1.29 is 13.2 Å². The van der Waals surface area contributed by atoms with Gasteiger partial charge in [0.25, 0.3) is 5.91 Å². The molecule has 168 valence electrons. The van der Waals surface area contributed by atoms with Gasteiger partial charge in [0.15, 0.2) is 0 Å². The Kier molecular flexibility index (Phi) is 7.21. The van der Waals surface area contributed by atoms with Crippen LogP contribution in [0.1, 0.15) is 48.2 Å². The van der Waals surface area contributed by atoms with Gasteiger partial charge >= 0.3 is 0 Å². The molecule has 4 rings (SSSR count). The van der Waals surface area contributed by atoms with E-state index in [9.17, 15) is 13.2 Å². The first-order valence-electron chi connectivity index (χ1n) is 10.8. The normalized spacial score (nSPS) is 19.2. The lowest BCUT2D eigenvalue weighted by Gasteiger charge is -2.35. The summed E-state index contributed by atoms with van der Waals surface area (Å²) in [5, 5.41) is 5.43. The Bertz CT molecular complexity index is 1010. The molecule has 1 saturated carbocycles. The van der Waals surface area contributed by atoms with Crippen LogP contribution >= 0.6 is 22.9 Å². The van der Waals surface area contributed by atoms with Crippen LogP contribution in [0.5, 0.6) is 0 Å². The van der Waals surface area contributed by atoms with Gasteiger partial charge in [-0.05, 0) is 42.5 Å². The van der Waals surface area contributed by atoms with E-state index in [1.807, 2.05) is 24.3 Å². The molecule has 2 aromatic rings. The number of carbonyl (C=O) groups excluding carboxylic acids is 1. The molecule has 0 bridgehead atoms. The minimum atomic E-state index is -3.73. The number of halogens is 1. The van der Waals surface area contributed by atoms with Gasteiger partial charge in [-0.15, -0.1) is 11.3 Å². The third-order valence-electron chi connectivity index (χ3n) is 6.06. The van der Waals surface area contributed by atoms with Crippen LogP contribution in [0.3, 0.4) is 0 Å². The van der Waals surface area contributed by atoms with Crippen LogP contribution in [-0.2, 0) is 10.0 Å². The predicted molar refractivity (Wildman–Crippen MR) is 126 cm³/mol. The van der Waals surface area contributed by atoms with E-state index < -0.39 is 10.0 Å². The Balaban J connectivity index is 1.44. The second-order valence-corrected chi connectivity index (χ2v) is 11.4. The summed E-state index contributed by atoms with van der Waals surface area (Å²) in [4.78, 5) is 15.4. The quantitative estimate of drug-likeness (QED) is 0.644. The van der Waals surface area contributed by atoms with E-state index in [0.29, 0.717) is 36.1 Å². The molecule has 2 aliphatic rings. The first-order chi connectivity index (χ1) is 14.9. The molecule has 1 saturated heterocycles. The highest BCUT2D eigenvalue weighted by atomic mass is 35.5. The largest absolute Gasteiger partial charge is 0.369 e. The molecule has 6 nitrogen and oxygen atoms in total. The zero-order valence-corrected chi connectivity index (χ0v) is 19.8. The van der Waals surface area contributed by atoms with Crippen molar-refractivity contribution in [1.82, 2.24) is 9.62 Å². The van der Waals surface area contributed by atoms with Gasteiger partial charge in [0.05, 0.1) is 0 Å². The van der Waals surface area contributed by atoms with Crippen molar-refractivity contribution in [1.29, 1.82) is 0 Å². The Morgan fingerprint density at radius 2 is 1.74 bits per heavy atom. The number of amides is 1. The number of thiophene rings is 1. The standard InChI is InChI=1S/C22H28ClN3O3S2/c23-17-6-5-9-19(16-17)25-11-13-26(14-12-25)31(28,29)20-10-15-30-21(20)22(27)24-18-7-3-1-2-4-8-18/h5-6,9-10,15-16,18H,1-4,7-8,11-14H2,(H,24,27). The van der Waals surface area contributed by atoms with Crippen molar-refractivity contribution in [2.75, 3.05) is 31.1 Å². The van der Waals surface area contributed by atoms with Crippen LogP contribution in [-0.4, -0.2) is 50.9 Å². The molecular weight excluding hydrogens is 454 g/mol. The number of hydrogen-bond donors (Lipinski definition) is 1. The van der Waals surface area contributed by atoms with Crippen molar-refractivity contribution in [2.45, 2.75) is 49.5 Å². The Hall–Kier alpha value is -1.61. The van der Waals surface area contributed by atoms with E-state index in [2.05, 4.69) is 10.2 Å². The summed E-state index contributed by atoms with van der Waals surface area (Å²) in [7, 11) is -3.73. The molecule has 1 N–H and O–H groups in total. The lowest BCUT2D eigenvalue weighted by molar-refractivity contribution is 0.0934. The van der Waals surface area contributed by atoms with Crippen LogP contribution in [0.15, 0.2) is 40.6 Å². The van der Waals surface area contributed by atoms with Crippen molar-refractivity contribution in [2.24, 2.45) is 0 Å². The van der Waals surface area contributed by atoms with Gasteiger partial charge in [0.2, 0.25) is 10.0 Å². The lowest BCUT2D eigenvalue weighted by Crippen LogP contribution is -2.49. The Morgan fingerprint density at radius 3 is 2.42 bits per heavy atom. The maximum absolute atomic E-state index is 13.3. The van der Waals surface area contributed by atoms with Gasteiger partial charge < -0.3 is 10.2 Å². The number of rotatable bonds is 5. The van der Waals surface area contributed by atoms with E-state index in [1.54, 1.807) is 11.4 Å². The number of carbonyl (C=O) groups is 1. The number of sulfonamides is 1. The molecule has 31 heavy (non-hydrogen) atoms. The van der Waals surface area contributed by atoms with Gasteiger partial charge in [0, 0.05) is 42.9 Å². The van der Waals surface area contributed by atoms with Gasteiger partial charge in [0.1, 0.15) is 9.77 Å². The van der Waals surface area contributed by atoms with Crippen LogP contribution in [0.2, 0.25) is 5.02 Å². The molecule has 1 aromatic heterocycles. The highest BCUT2D eigenvalue weighted by molar-refractivity contribution is 7.89. The molecule has 0 radical (unpaired) electrons. The van der Waals surface area contributed by atoms with Crippen molar-refractivity contribution in [3.8, 4) is 0 Å². The molecule has 9 heteroatoms. The lowest BCUT2D eigenvalue weighted by atomic mass is 10.1. The number of benzene rings is 1. The molecule has 0 unspecified atom stereocenters.